The van der Waals surface area contributed by atoms with E-state index in [4.69, 9.17) is 4.74 Å². The number of ether oxygens (including phenoxy) is 1. The molecule has 0 spiro atoms. The molecule has 2 aliphatic heterocycles. The standard InChI is InChI=1S/C12H11NO.ClH/c1-2-6-12-10(4-1)8-13-7-3-5-11(13)9-14-12;/h1-6,9H,7-8H2;1H. The van der Waals surface area contributed by atoms with Crippen LogP contribution < -0.4 is 4.74 Å². The third kappa shape index (κ3) is 1.73. The van der Waals surface area contributed by atoms with Gasteiger partial charge in [0.15, 0.2) is 0 Å². The number of nitrogens with zero attached hydrogens (tertiary/aromatic N) is 1. The molecule has 1 aromatic carbocycles. The molecular formula is C12H12ClNO. The lowest BCUT2D eigenvalue weighted by atomic mass is 10.2. The van der Waals surface area contributed by atoms with Gasteiger partial charge in [0.25, 0.3) is 0 Å². The van der Waals surface area contributed by atoms with Crippen LogP contribution >= 0.6 is 12.4 Å². The van der Waals surface area contributed by atoms with Crippen molar-refractivity contribution >= 4 is 12.4 Å². The third-order valence-electron chi connectivity index (χ3n) is 2.62. The highest BCUT2D eigenvalue weighted by molar-refractivity contribution is 5.85. The van der Waals surface area contributed by atoms with Gasteiger partial charge >= 0.3 is 0 Å². The summed E-state index contributed by atoms with van der Waals surface area (Å²) >= 11 is 0. The molecule has 3 heteroatoms. The second-order valence-electron chi connectivity index (χ2n) is 3.55. The number of allylic oxidation sites excluding steroid dienone is 1. The molecule has 0 aromatic heterocycles. The van der Waals surface area contributed by atoms with Gasteiger partial charge in [-0.25, -0.2) is 0 Å². The van der Waals surface area contributed by atoms with E-state index in [2.05, 4.69) is 29.2 Å². The minimum absolute atomic E-state index is 0. The molecule has 0 N–H and O–H groups in total. The molecular weight excluding hydrogens is 210 g/mol. The molecule has 3 rings (SSSR count). The zero-order valence-corrected chi connectivity index (χ0v) is 9.04. The van der Waals surface area contributed by atoms with Crippen LogP contribution in [0.5, 0.6) is 5.75 Å². The van der Waals surface area contributed by atoms with E-state index in [-0.39, 0.29) is 12.4 Å². The van der Waals surface area contributed by atoms with Crippen LogP contribution in [0.1, 0.15) is 5.56 Å². The Morgan fingerprint density at radius 3 is 3.00 bits per heavy atom. The third-order valence-corrected chi connectivity index (χ3v) is 2.62. The Hall–Kier alpha value is -1.41. The molecule has 0 aliphatic carbocycles. The highest BCUT2D eigenvalue weighted by Crippen LogP contribution is 2.27. The summed E-state index contributed by atoms with van der Waals surface area (Å²) < 4.78 is 5.61. The highest BCUT2D eigenvalue weighted by Gasteiger charge is 2.17. The van der Waals surface area contributed by atoms with Gasteiger partial charge < -0.3 is 9.64 Å². The van der Waals surface area contributed by atoms with E-state index in [0.29, 0.717) is 0 Å². The zero-order valence-electron chi connectivity index (χ0n) is 8.22. The topological polar surface area (TPSA) is 12.5 Å². The van der Waals surface area contributed by atoms with Crippen LogP contribution in [-0.2, 0) is 6.54 Å². The summed E-state index contributed by atoms with van der Waals surface area (Å²) in [6.45, 7) is 1.93. The van der Waals surface area contributed by atoms with Gasteiger partial charge in [-0.15, -0.1) is 12.4 Å². The highest BCUT2D eigenvalue weighted by atomic mass is 35.5. The van der Waals surface area contributed by atoms with Gasteiger partial charge in [-0.05, 0) is 12.1 Å². The fourth-order valence-electron chi connectivity index (χ4n) is 1.86. The van der Waals surface area contributed by atoms with Crippen molar-refractivity contribution in [3.63, 3.8) is 0 Å². The molecule has 2 aliphatic rings. The number of rotatable bonds is 0. The quantitative estimate of drug-likeness (QED) is 0.668. The normalized spacial score (nSPS) is 16.8. The number of benzene rings is 1. The van der Waals surface area contributed by atoms with Crippen molar-refractivity contribution in [3.05, 3.63) is 53.9 Å². The molecule has 0 saturated heterocycles. The van der Waals surface area contributed by atoms with Crippen LogP contribution in [0, 0.1) is 0 Å². The average Bonchev–Trinajstić information content (AvgIpc) is 2.58. The number of hydrogen-bond acceptors (Lipinski definition) is 2. The fourth-order valence-corrected chi connectivity index (χ4v) is 1.86. The minimum atomic E-state index is 0. The molecule has 15 heavy (non-hydrogen) atoms. The average molecular weight is 222 g/mol. The second-order valence-corrected chi connectivity index (χ2v) is 3.55. The van der Waals surface area contributed by atoms with E-state index in [9.17, 15) is 0 Å². The Bertz CT molecular complexity index is 425. The summed E-state index contributed by atoms with van der Waals surface area (Å²) in [5, 5.41) is 0. The Morgan fingerprint density at radius 1 is 1.20 bits per heavy atom. The molecule has 0 atom stereocenters. The van der Waals surface area contributed by atoms with E-state index in [1.165, 1.54) is 11.3 Å². The maximum atomic E-state index is 5.61. The lowest BCUT2D eigenvalue weighted by Gasteiger charge is -2.17. The van der Waals surface area contributed by atoms with Gasteiger partial charge in [-0.2, -0.15) is 0 Å². The largest absolute Gasteiger partial charge is 0.462 e. The van der Waals surface area contributed by atoms with E-state index in [1.54, 1.807) is 0 Å². The smallest absolute Gasteiger partial charge is 0.131 e. The zero-order chi connectivity index (χ0) is 9.38. The first kappa shape index (κ1) is 10.1. The van der Waals surface area contributed by atoms with Gasteiger partial charge in [0.05, 0.1) is 5.70 Å². The predicted molar refractivity (Wildman–Crippen MR) is 62.0 cm³/mol. The molecule has 0 unspecified atom stereocenters. The molecule has 2 nitrogen and oxygen atoms in total. The first-order valence-corrected chi connectivity index (χ1v) is 4.80. The van der Waals surface area contributed by atoms with E-state index in [1.807, 2.05) is 18.4 Å². The van der Waals surface area contributed by atoms with Gasteiger partial charge in [-0.1, -0.05) is 24.3 Å². The van der Waals surface area contributed by atoms with Crippen LogP contribution in [0.4, 0.5) is 0 Å². The van der Waals surface area contributed by atoms with Gasteiger partial charge in [0.1, 0.15) is 12.0 Å². The van der Waals surface area contributed by atoms with Crippen molar-refractivity contribution in [1.82, 2.24) is 4.90 Å². The van der Waals surface area contributed by atoms with Gasteiger partial charge in [0.2, 0.25) is 0 Å². The molecule has 2 heterocycles. The van der Waals surface area contributed by atoms with E-state index < -0.39 is 0 Å². The van der Waals surface area contributed by atoms with Crippen molar-refractivity contribution in [2.24, 2.45) is 0 Å². The summed E-state index contributed by atoms with van der Waals surface area (Å²) in [7, 11) is 0. The lowest BCUT2D eigenvalue weighted by molar-refractivity contribution is 0.399. The minimum Gasteiger partial charge on any atom is -0.462 e. The predicted octanol–water partition coefficient (Wildman–Crippen LogP) is 2.71. The first-order valence-electron chi connectivity index (χ1n) is 4.80. The van der Waals surface area contributed by atoms with Gasteiger partial charge in [0, 0.05) is 18.7 Å². The summed E-state index contributed by atoms with van der Waals surface area (Å²) in [6.07, 6.45) is 6.09. The number of fused-ring (bicyclic) bond motifs is 2. The molecule has 0 radical (unpaired) electrons. The number of hydrogen-bond donors (Lipinski definition) is 0. The van der Waals surface area contributed by atoms with E-state index in [0.717, 1.165) is 18.8 Å². The summed E-state index contributed by atoms with van der Waals surface area (Å²) in [4.78, 5) is 2.30. The molecule has 0 bridgehead atoms. The molecule has 1 aromatic rings. The van der Waals surface area contributed by atoms with Crippen LogP contribution in [0.3, 0.4) is 0 Å². The van der Waals surface area contributed by atoms with Gasteiger partial charge in [-0.3, -0.25) is 0 Å². The number of para-hydroxylation sites is 1. The number of halogens is 1. The summed E-state index contributed by atoms with van der Waals surface area (Å²) in [6, 6.07) is 8.18. The Morgan fingerprint density at radius 2 is 2.07 bits per heavy atom. The first-order chi connectivity index (χ1) is 6.93. The summed E-state index contributed by atoms with van der Waals surface area (Å²) in [5.74, 6) is 0.975. The van der Waals surface area contributed by atoms with Crippen LogP contribution in [-0.4, -0.2) is 11.4 Å². The van der Waals surface area contributed by atoms with Crippen LogP contribution in [0.15, 0.2) is 48.4 Å². The van der Waals surface area contributed by atoms with Crippen molar-refractivity contribution in [1.29, 1.82) is 0 Å². The Labute approximate surface area is 95.3 Å². The van der Waals surface area contributed by atoms with Crippen LogP contribution in [0.2, 0.25) is 0 Å². The van der Waals surface area contributed by atoms with Crippen LogP contribution in [0.25, 0.3) is 0 Å². The molecule has 0 fully saturated rings. The SMILES string of the molecule is C1=CC2=COc3ccccc3CN2C1.Cl. The van der Waals surface area contributed by atoms with Crippen molar-refractivity contribution in [2.45, 2.75) is 6.54 Å². The van der Waals surface area contributed by atoms with Crippen molar-refractivity contribution in [3.8, 4) is 5.75 Å². The molecule has 0 saturated carbocycles. The summed E-state index contributed by atoms with van der Waals surface area (Å²) in [5.41, 5.74) is 2.42. The monoisotopic (exact) mass is 221 g/mol. The molecule has 0 amide bonds. The van der Waals surface area contributed by atoms with E-state index >= 15 is 0 Å². The maximum Gasteiger partial charge on any atom is 0.131 e. The Balaban J connectivity index is 0.000000853. The Kier molecular flexibility index (Phi) is 2.69. The lowest BCUT2D eigenvalue weighted by Crippen LogP contribution is -2.16. The fraction of sp³-hybridized carbons (Fsp3) is 0.167. The second kappa shape index (κ2) is 3.99. The van der Waals surface area contributed by atoms with Crippen molar-refractivity contribution in [2.75, 3.05) is 6.54 Å². The molecule has 78 valence electrons. The van der Waals surface area contributed by atoms with Crippen molar-refractivity contribution < 1.29 is 4.74 Å². The maximum absolute atomic E-state index is 5.61.